The zero-order valence-corrected chi connectivity index (χ0v) is 15.4. The molecule has 2 saturated heterocycles. The van der Waals surface area contributed by atoms with E-state index in [1.165, 1.54) is 0 Å². The lowest BCUT2D eigenvalue weighted by Crippen LogP contribution is -2.38. The summed E-state index contributed by atoms with van der Waals surface area (Å²) in [6.45, 7) is 2.58. The van der Waals surface area contributed by atoms with Crippen molar-refractivity contribution in [3.05, 3.63) is 29.8 Å². The number of carboxylic acid groups (broad SMARTS) is 1. The van der Waals surface area contributed by atoms with Gasteiger partial charge in [-0.1, -0.05) is 0 Å². The highest BCUT2D eigenvalue weighted by Crippen LogP contribution is 2.24. The molecular formula is C20H27NO6. The highest BCUT2D eigenvalue weighted by molar-refractivity contribution is 5.94. The summed E-state index contributed by atoms with van der Waals surface area (Å²) in [5.41, 5.74) is 0.482. The van der Waals surface area contributed by atoms with Crippen LogP contribution in [-0.2, 0) is 14.3 Å². The van der Waals surface area contributed by atoms with Crippen LogP contribution < -0.4 is 10.1 Å². The molecule has 3 rings (SSSR count). The molecule has 1 amide bonds. The molecule has 2 unspecified atom stereocenters. The first-order valence-electron chi connectivity index (χ1n) is 9.56. The summed E-state index contributed by atoms with van der Waals surface area (Å²) in [4.78, 5) is 23.9. The Hall–Kier alpha value is -2.12. The predicted octanol–water partition coefficient (Wildman–Crippen LogP) is 2.10. The van der Waals surface area contributed by atoms with Gasteiger partial charge in [0.2, 0.25) is 0 Å². The first kappa shape index (κ1) is 19.6. The third-order valence-electron chi connectivity index (χ3n) is 5.21. The number of rotatable bonds is 8. The summed E-state index contributed by atoms with van der Waals surface area (Å²) in [6, 6.07) is 6.86. The van der Waals surface area contributed by atoms with Crippen molar-refractivity contribution in [2.75, 3.05) is 33.0 Å². The number of carboxylic acids is 1. The second-order valence-electron chi connectivity index (χ2n) is 7.07. The maximum Gasteiger partial charge on any atom is 0.308 e. The molecule has 2 aliphatic rings. The van der Waals surface area contributed by atoms with Crippen molar-refractivity contribution >= 4 is 11.9 Å². The molecular weight excluding hydrogens is 350 g/mol. The van der Waals surface area contributed by atoms with Crippen LogP contribution in [0.25, 0.3) is 0 Å². The van der Waals surface area contributed by atoms with Crippen molar-refractivity contribution in [2.24, 2.45) is 11.8 Å². The third-order valence-corrected chi connectivity index (χ3v) is 5.21. The van der Waals surface area contributed by atoms with E-state index in [0.29, 0.717) is 44.0 Å². The SMILES string of the molecule is O=C(NCC(C(=O)O)C1CCOCC1)c1ccc(OCC2CCCO2)cc1. The molecule has 7 heteroatoms. The van der Waals surface area contributed by atoms with Gasteiger partial charge in [-0.25, -0.2) is 0 Å². The smallest absolute Gasteiger partial charge is 0.308 e. The highest BCUT2D eigenvalue weighted by Gasteiger charge is 2.30. The molecule has 2 atom stereocenters. The number of carbonyl (C=O) groups is 2. The van der Waals surface area contributed by atoms with Gasteiger partial charge in [-0.15, -0.1) is 0 Å². The molecule has 7 nitrogen and oxygen atoms in total. The lowest BCUT2D eigenvalue weighted by molar-refractivity contribution is -0.144. The zero-order valence-electron chi connectivity index (χ0n) is 15.4. The van der Waals surface area contributed by atoms with Crippen LogP contribution in [0.1, 0.15) is 36.0 Å². The molecule has 1 aromatic rings. The van der Waals surface area contributed by atoms with Crippen LogP contribution in [0.5, 0.6) is 5.75 Å². The molecule has 0 aromatic heterocycles. The van der Waals surface area contributed by atoms with E-state index >= 15 is 0 Å². The summed E-state index contributed by atoms with van der Waals surface area (Å²) in [6.07, 6.45) is 3.65. The maximum absolute atomic E-state index is 12.3. The van der Waals surface area contributed by atoms with E-state index in [-0.39, 0.29) is 24.5 Å². The summed E-state index contributed by atoms with van der Waals surface area (Å²) >= 11 is 0. The van der Waals surface area contributed by atoms with Gasteiger partial charge in [-0.3, -0.25) is 9.59 Å². The van der Waals surface area contributed by atoms with E-state index in [2.05, 4.69) is 5.32 Å². The minimum absolute atomic E-state index is 0.0325. The molecule has 27 heavy (non-hydrogen) atoms. The summed E-state index contributed by atoms with van der Waals surface area (Å²) in [7, 11) is 0. The number of ether oxygens (including phenoxy) is 3. The monoisotopic (exact) mass is 377 g/mol. The number of carbonyl (C=O) groups excluding carboxylic acids is 1. The third kappa shape index (κ3) is 5.68. The van der Waals surface area contributed by atoms with Crippen molar-refractivity contribution in [2.45, 2.75) is 31.8 Å². The molecule has 2 aliphatic heterocycles. The Bertz CT molecular complexity index is 620. The Morgan fingerprint density at radius 3 is 2.52 bits per heavy atom. The number of hydrogen-bond donors (Lipinski definition) is 2. The average Bonchev–Trinajstić information content (AvgIpc) is 3.21. The molecule has 0 radical (unpaired) electrons. The largest absolute Gasteiger partial charge is 0.491 e. The topological polar surface area (TPSA) is 94.1 Å². The lowest BCUT2D eigenvalue weighted by Gasteiger charge is -2.27. The van der Waals surface area contributed by atoms with Crippen LogP contribution in [0.4, 0.5) is 0 Å². The zero-order chi connectivity index (χ0) is 19.1. The summed E-state index contributed by atoms with van der Waals surface area (Å²) < 4.78 is 16.5. The number of amides is 1. The molecule has 0 aliphatic carbocycles. The van der Waals surface area contributed by atoms with Gasteiger partial charge >= 0.3 is 5.97 Å². The van der Waals surface area contributed by atoms with Gasteiger partial charge in [-0.2, -0.15) is 0 Å². The average molecular weight is 377 g/mol. The van der Waals surface area contributed by atoms with Crippen LogP contribution in [0.2, 0.25) is 0 Å². The van der Waals surface area contributed by atoms with Gasteiger partial charge in [0.15, 0.2) is 0 Å². The van der Waals surface area contributed by atoms with E-state index in [9.17, 15) is 14.7 Å². The Morgan fingerprint density at radius 1 is 1.15 bits per heavy atom. The first-order chi connectivity index (χ1) is 13.1. The number of benzene rings is 1. The molecule has 0 spiro atoms. The van der Waals surface area contributed by atoms with Gasteiger partial charge in [0, 0.05) is 31.9 Å². The fourth-order valence-electron chi connectivity index (χ4n) is 3.55. The van der Waals surface area contributed by atoms with Crippen LogP contribution in [-0.4, -0.2) is 56.1 Å². The normalized spacial score (nSPS) is 21.6. The van der Waals surface area contributed by atoms with E-state index in [1.54, 1.807) is 24.3 Å². The van der Waals surface area contributed by atoms with Crippen molar-refractivity contribution in [1.82, 2.24) is 5.32 Å². The lowest BCUT2D eigenvalue weighted by atomic mass is 9.86. The molecule has 0 saturated carbocycles. The second-order valence-corrected chi connectivity index (χ2v) is 7.07. The van der Waals surface area contributed by atoms with Crippen LogP contribution in [0.3, 0.4) is 0 Å². The van der Waals surface area contributed by atoms with E-state index in [0.717, 1.165) is 19.4 Å². The quantitative estimate of drug-likeness (QED) is 0.721. The van der Waals surface area contributed by atoms with Gasteiger partial charge in [-0.05, 0) is 55.9 Å². The highest BCUT2D eigenvalue weighted by atomic mass is 16.5. The molecule has 2 heterocycles. The standard InChI is InChI=1S/C20H27NO6/c22-19(21-12-18(20(23)24)14-7-10-25-11-8-14)15-3-5-16(6-4-15)27-13-17-2-1-9-26-17/h3-6,14,17-18H,1-2,7-13H2,(H,21,22)(H,23,24). The molecule has 1 aromatic carbocycles. The van der Waals surface area contributed by atoms with Crippen LogP contribution >= 0.6 is 0 Å². The van der Waals surface area contributed by atoms with Gasteiger partial charge in [0.25, 0.3) is 5.91 Å². The van der Waals surface area contributed by atoms with Gasteiger partial charge in [0.05, 0.1) is 12.0 Å². The Balaban J connectivity index is 1.48. The Labute approximate surface area is 159 Å². The molecule has 0 bridgehead atoms. The number of nitrogens with one attached hydrogen (secondary N) is 1. The minimum atomic E-state index is -0.875. The molecule has 148 valence electrons. The Kier molecular flexibility index (Phi) is 7.06. The van der Waals surface area contributed by atoms with Crippen molar-refractivity contribution < 1.29 is 28.9 Å². The van der Waals surface area contributed by atoms with E-state index in [4.69, 9.17) is 14.2 Å². The maximum atomic E-state index is 12.3. The number of hydrogen-bond acceptors (Lipinski definition) is 5. The number of aliphatic carboxylic acids is 1. The summed E-state index contributed by atoms with van der Waals surface area (Å²) in [5, 5.41) is 12.2. The minimum Gasteiger partial charge on any atom is -0.491 e. The van der Waals surface area contributed by atoms with Gasteiger partial charge in [0.1, 0.15) is 12.4 Å². The van der Waals surface area contributed by atoms with Crippen molar-refractivity contribution in [3.63, 3.8) is 0 Å². The second kappa shape index (κ2) is 9.71. The molecule has 2 fully saturated rings. The Morgan fingerprint density at radius 2 is 1.89 bits per heavy atom. The summed E-state index contributed by atoms with van der Waals surface area (Å²) in [5.74, 6) is -1.02. The molecule has 2 N–H and O–H groups in total. The fourth-order valence-corrected chi connectivity index (χ4v) is 3.55. The van der Waals surface area contributed by atoms with Crippen LogP contribution in [0, 0.1) is 11.8 Å². The fraction of sp³-hybridized carbons (Fsp3) is 0.600. The van der Waals surface area contributed by atoms with Crippen molar-refractivity contribution in [3.8, 4) is 5.75 Å². The van der Waals surface area contributed by atoms with Gasteiger partial charge < -0.3 is 24.6 Å². The van der Waals surface area contributed by atoms with E-state index < -0.39 is 11.9 Å². The first-order valence-corrected chi connectivity index (χ1v) is 9.56. The predicted molar refractivity (Wildman–Crippen MR) is 97.9 cm³/mol. The van der Waals surface area contributed by atoms with Crippen LogP contribution in [0.15, 0.2) is 24.3 Å². The van der Waals surface area contributed by atoms with E-state index in [1.807, 2.05) is 0 Å². The van der Waals surface area contributed by atoms with Crippen molar-refractivity contribution in [1.29, 1.82) is 0 Å².